The van der Waals surface area contributed by atoms with Gasteiger partial charge in [0.2, 0.25) is 0 Å². The maximum Gasteiger partial charge on any atom is 0.311 e. The third-order valence-electron chi connectivity index (χ3n) is 8.86. The van der Waals surface area contributed by atoms with E-state index in [2.05, 4.69) is 151 Å². The maximum atomic E-state index is 14.1. The average Bonchev–Trinajstić information content (AvgIpc) is 3.11. The van der Waals surface area contributed by atoms with Gasteiger partial charge in [0.15, 0.2) is 0 Å². The fraction of sp³-hybridized carbons (Fsp3) is 0.244. The van der Waals surface area contributed by atoms with Crippen molar-refractivity contribution in [1.82, 2.24) is 9.80 Å². The van der Waals surface area contributed by atoms with Gasteiger partial charge in [-0.15, -0.1) is 0 Å². The van der Waals surface area contributed by atoms with Gasteiger partial charge < -0.3 is 4.74 Å². The first-order valence-electron chi connectivity index (χ1n) is 15.9. The first kappa shape index (κ1) is 31.9. The van der Waals surface area contributed by atoms with E-state index in [4.69, 9.17) is 4.74 Å². The molecule has 0 aliphatic rings. The predicted molar refractivity (Wildman–Crippen MR) is 183 cm³/mol. The molecule has 0 saturated carbocycles. The minimum absolute atomic E-state index is 0.0258. The first-order chi connectivity index (χ1) is 22.0. The van der Waals surface area contributed by atoms with Gasteiger partial charge in [0, 0.05) is 31.7 Å². The Balaban J connectivity index is 1.62. The number of hydrogen-bond acceptors (Lipinski definition) is 4. The molecule has 5 aromatic carbocycles. The minimum Gasteiger partial charge on any atom is -0.469 e. The van der Waals surface area contributed by atoms with Gasteiger partial charge >= 0.3 is 5.97 Å². The van der Waals surface area contributed by atoms with Crippen molar-refractivity contribution in [3.8, 4) is 0 Å². The quantitative estimate of drug-likeness (QED) is 0.120. The van der Waals surface area contributed by atoms with Gasteiger partial charge in [0.1, 0.15) is 0 Å². The summed E-state index contributed by atoms with van der Waals surface area (Å²) in [5.41, 5.74) is 5.92. The van der Waals surface area contributed by atoms with Crippen LogP contribution in [0.3, 0.4) is 0 Å². The van der Waals surface area contributed by atoms with Crippen LogP contribution < -0.4 is 0 Å². The fourth-order valence-corrected chi connectivity index (χ4v) is 6.33. The van der Waals surface area contributed by atoms with Crippen LogP contribution in [0, 0.1) is 5.92 Å². The largest absolute Gasteiger partial charge is 0.469 e. The molecule has 0 radical (unpaired) electrons. The van der Waals surface area contributed by atoms with Crippen LogP contribution in [-0.4, -0.2) is 29.4 Å². The molecule has 0 N–H and O–H groups in total. The third kappa shape index (κ3) is 8.36. The van der Waals surface area contributed by atoms with E-state index in [0.717, 1.165) is 5.56 Å². The fourth-order valence-electron chi connectivity index (χ4n) is 6.33. The highest BCUT2D eigenvalue weighted by atomic mass is 16.5. The van der Waals surface area contributed by atoms with E-state index in [9.17, 15) is 4.79 Å². The highest BCUT2D eigenvalue weighted by Crippen LogP contribution is 2.39. The number of methoxy groups -OCH3 is 1. The van der Waals surface area contributed by atoms with Crippen LogP contribution >= 0.6 is 0 Å². The zero-order valence-corrected chi connectivity index (χ0v) is 26.6. The normalized spacial score (nSPS) is 14.1. The Morgan fingerprint density at radius 2 is 0.956 bits per heavy atom. The van der Waals surface area contributed by atoms with Gasteiger partial charge in [-0.25, -0.2) is 0 Å². The number of hydrogen-bond donors (Lipinski definition) is 0. The molecule has 4 atom stereocenters. The van der Waals surface area contributed by atoms with E-state index in [-0.39, 0.29) is 24.1 Å². The molecule has 45 heavy (non-hydrogen) atoms. The number of nitrogens with zero attached hydrogens (tertiary/aromatic N) is 2. The van der Waals surface area contributed by atoms with Crippen LogP contribution in [0.15, 0.2) is 152 Å². The van der Waals surface area contributed by atoms with E-state index in [1.807, 2.05) is 24.3 Å². The molecule has 4 nitrogen and oxygen atoms in total. The number of rotatable bonds is 14. The van der Waals surface area contributed by atoms with E-state index in [0.29, 0.717) is 19.6 Å². The first-order valence-corrected chi connectivity index (χ1v) is 15.9. The topological polar surface area (TPSA) is 32.8 Å². The van der Waals surface area contributed by atoms with Crippen molar-refractivity contribution >= 4 is 5.97 Å². The molecule has 230 valence electrons. The van der Waals surface area contributed by atoms with E-state index in [1.54, 1.807) is 0 Å². The molecule has 0 aromatic heterocycles. The lowest BCUT2D eigenvalue weighted by Crippen LogP contribution is -2.44. The summed E-state index contributed by atoms with van der Waals surface area (Å²) in [6.45, 7) is 6.38. The van der Waals surface area contributed by atoms with Crippen molar-refractivity contribution in [2.24, 2.45) is 5.92 Å². The Labute approximate surface area is 268 Å². The molecule has 5 aromatic rings. The number of carbonyl (C=O) groups is 1. The average molecular weight is 597 g/mol. The van der Waals surface area contributed by atoms with Crippen molar-refractivity contribution in [2.75, 3.05) is 13.7 Å². The van der Waals surface area contributed by atoms with Gasteiger partial charge in [0.25, 0.3) is 0 Å². The van der Waals surface area contributed by atoms with Crippen molar-refractivity contribution in [2.45, 2.75) is 45.1 Å². The molecule has 0 heterocycles. The molecule has 0 aliphatic heterocycles. The van der Waals surface area contributed by atoms with E-state index in [1.165, 1.54) is 29.4 Å². The molecule has 0 bridgehead atoms. The van der Waals surface area contributed by atoms with E-state index >= 15 is 0 Å². The Morgan fingerprint density at radius 3 is 1.42 bits per heavy atom. The predicted octanol–water partition coefficient (Wildman–Crippen LogP) is 9.04. The van der Waals surface area contributed by atoms with E-state index < -0.39 is 5.92 Å². The molecular weight excluding hydrogens is 552 g/mol. The van der Waals surface area contributed by atoms with Crippen LogP contribution in [0.1, 0.15) is 59.8 Å². The van der Waals surface area contributed by atoms with Gasteiger partial charge in [-0.2, -0.15) is 0 Å². The molecule has 0 amide bonds. The monoisotopic (exact) mass is 596 g/mol. The second kappa shape index (κ2) is 16.0. The van der Waals surface area contributed by atoms with Crippen LogP contribution in [0.2, 0.25) is 0 Å². The molecule has 0 fully saturated rings. The summed E-state index contributed by atoms with van der Waals surface area (Å²) in [5.74, 6) is -0.678. The lowest BCUT2D eigenvalue weighted by Gasteiger charge is -2.42. The summed E-state index contributed by atoms with van der Waals surface area (Å²) in [4.78, 5) is 19.0. The van der Waals surface area contributed by atoms with Crippen LogP contribution in [-0.2, 0) is 22.6 Å². The number of esters is 1. The maximum absolute atomic E-state index is 14.1. The number of carbonyl (C=O) groups excluding carboxylic acids is 1. The Morgan fingerprint density at radius 1 is 0.556 bits per heavy atom. The Hall–Kier alpha value is -4.51. The molecule has 4 unspecified atom stereocenters. The summed E-state index contributed by atoms with van der Waals surface area (Å²) < 4.78 is 5.64. The van der Waals surface area contributed by atoms with Crippen molar-refractivity contribution in [1.29, 1.82) is 0 Å². The van der Waals surface area contributed by atoms with Gasteiger partial charge in [0.05, 0.1) is 19.1 Å². The smallest absolute Gasteiger partial charge is 0.311 e. The molecule has 5 rings (SSSR count). The zero-order chi connectivity index (χ0) is 31.4. The molecule has 0 spiro atoms. The highest BCUT2D eigenvalue weighted by molar-refractivity contribution is 5.74. The summed E-state index contributed by atoms with van der Waals surface area (Å²) in [5, 5.41) is 0. The second-order valence-electron chi connectivity index (χ2n) is 11.7. The summed E-state index contributed by atoms with van der Waals surface area (Å²) in [7, 11) is 1.52. The van der Waals surface area contributed by atoms with Gasteiger partial charge in [-0.05, 0) is 41.7 Å². The van der Waals surface area contributed by atoms with Crippen LogP contribution in [0.25, 0.3) is 0 Å². The van der Waals surface area contributed by atoms with Gasteiger partial charge in [-0.3, -0.25) is 14.6 Å². The number of ether oxygens (including phenoxy) is 1. The van der Waals surface area contributed by atoms with Crippen molar-refractivity contribution in [3.05, 3.63) is 179 Å². The second-order valence-corrected chi connectivity index (χ2v) is 11.7. The SMILES string of the molecule is COC(=O)C(CN(Cc1ccccc1)C(C)c1ccccc1)C(c1ccccc1)N(Cc1ccccc1)C(C)c1ccccc1. The lowest BCUT2D eigenvalue weighted by molar-refractivity contribution is -0.150. The molecular formula is C41H44N2O2. The third-order valence-corrected chi connectivity index (χ3v) is 8.86. The Kier molecular flexibility index (Phi) is 11.3. The Bertz CT molecular complexity index is 1560. The summed E-state index contributed by atoms with van der Waals surface area (Å²) >= 11 is 0. The van der Waals surface area contributed by atoms with Crippen LogP contribution in [0.4, 0.5) is 0 Å². The van der Waals surface area contributed by atoms with Crippen molar-refractivity contribution < 1.29 is 9.53 Å². The molecule has 0 saturated heterocycles. The summed E-state index contributed by atoms with van der Waals surface area (Å²) in [6.07, 6.45) is 0. The molecule has 4 heteroatoms. The lowest BCUT2D eigenvalue weighted by atomic mass is 9.87. The molecule has 0 aliphatic carbocycles. The number of benzene rings is 5. The van der Waals surface area contributed by atoms with Gasteiger partial charge in [-0.1, -0.05) is 152 Å². The highest BCUT2D eigenvalue weighted by Gasteiger charge is 2.39. The van der Waals surface area contributed by atoms with Crippen molar-refractivity contribution in [3.63, 3.8) is 0 Å². The zero-order valence-electron chi connectivity index (χ0n) is 26.6. The standard InChI is InChI=1S/C41H44N2O2/c1-32(36-23-13-6-14-24-36)42(29-34-19-9-4-10-20-34)31-39(41(44)45-3)40(38-27-17-8-18-28-38)43(30-35-21-11-5-12-22-35)33(2)37-25-15-7-16-26-37/h4-28,32-33,39-40H,29-31H2,1-3H3. The van der Waals surface area contributed by atoms with Crippen LogP contribution in [0.5, 0.6) is 0 Å². The minimum atomic E-state index is -0.470. The summed E-state index contributed by atoms with van der Waals surface area (Å²) in [6, 6.07) is 52.5.